The molecule has 1 aromatic rings. The monoisotopic (exact) mass is 261 g/mol. The molecule has 2 rings (SSSR count). The Morgan fingerprint density at radius 3 is 2.63 bits per heavy atom. The molecule has 0 saturated carbocycles. The van der Waals surface area contributed by atoms with Crippen LogP contribution in [0.2, 0.25) is 0 Å². The van der Waals surface area contributed by atoms with Crippen molar-refractivity contribution in [3.8, 4) is 6.07 Å². The van der Waals surface area contributed by atoms with Gasteiger partial charge >= 0.3 is 0 Å². The van der Waals surface area contributed by atoms with Gasteiger partial charge in [0.1, 0.15) is 5.82 Å². The zero-order chi connectivity index (χ0) is 13.9. The van der Waals surface area contributed by atoms with Gasteiger partial charge in [-0.15, -0.1) is 0 Å². The van der Waals surface area contributed by atoms with Gasteiger partial charge in [0.05, 0.1) is 11.7 Å². The van der Waals surface area contributed by atoms with E-state index in [0.717, 1.165) is 24.8 Å². The summed E-state index contributed by atoms with van der Waals surface area (Å²) in [6, 6.07) is 8.89. The van der Waals surface area contributed by atoms with E-state index in [1.54, 1.807) is 0 Å². The van der Waals surface area contributed by atoms with Crippen molar-refractivity contribution in [3.05, 3.63) is 35.6 Å². The maximum Gasteiger partial charge on any atom is 0.123 e. The summed E-state index contributed by atoms with van der Waals surface area (Å²) in [6.07, 6.45) is 3.01. The minimum atomic E-state index is -0.235. The first-order chi connectivity index (χ1) is 9.03. The fourth-order valence-electron chi connectivity index (χ4n) is 3.03. The van der Waals surface area contributed by atoms with Crippen molar-refractivity contribution in [1.29, 1.82) is 5.26 Å². The smallest absolute Gasteiger partial charge is 0.123 e. The Balaban J connectivity index is 2.37. The van der Waals surface area contributed by atoms with Crippen molar-refractivity contribution in [1.82, 2.24) is 0 Å². The van der Waals surface area contributed by atoms with E-state index in [-0.39, 0.29) is 16.8 Å². The van der Waals surface area contributed by atoms with Crippen LogP contribution in [0.15, 0.2) is 24.3 Å². The van der Waals surface area contributed by atoms with E-state index in [9.17, 15) is 9.65 Å². The van der Waals surface area contributed by atoms with Gasteiger partial charge in [-0.05, 0) is 43.9 Å². The molecule has 0 bridgehead atoms. The molecular weight excluding hydrogens is 241 g/mol. The molecule has 0 aliphatic carbocycles. The zero-order valence-electron chi connectivity index (χ0n) is 11.6. The lowest BCUT2D eigenvalue weighted by molar-refractivity contribution is -0.0957. The van der Waals surface area contributed by atoms with Crippen molar-refractivity contribution < 1.29 is 9.13 Å². The van der Waals surface area contributed by atoms with Crippen LogP contribution in [0.1, 0.15) is 45.1 Å². The molecule has 2 atom stereocenters. The summed E-state index contributed by atoms with van der Waals surface area (Å²) in [5.74, 6) is -0.235. The summed E-state index contributed by atoms with van der Waals surface area (Å²) in [6.45, 7) is 4.86. The largest absolute Gasteiger partial charge is 0.375 e. The van der Waals surface area contributed by atoms with E-state index in [1.807, 2.05) is 12.1 Å². The third-order valence-electron chi connectivity index (χ3n) is 4.37. The van der Waals surface area contributed by atoms with Gasteiger partial charge in [0.25, 0.3) is 0 Å². The fraction of sp³-hybridized carbons (Fsp3) is 0.562. The molecule has 1 aromatic carbocycles. The van der Waals surface area contributed by atoms with Crippen LogP contribution in [0.3, 0.4) is 0 Å². The van der Waals surface area contributed by atoms with Gasteiger partial charge in [0, 0.05) is 18.4 Å². The van der Waals surface area contributed by atoms with Crippen LogP contribution in [0, 0.1) is 17.1 Å². The highest BCUT2D eigenvalue weighted by Gasteiger charge is 2.43. The van der Waals surface area contributed by atoms with Gasteiger partial charge in [-0.25, -0.2) is 4.39 Å². The van der Waals surface area contributed by atoms with Gasteiger partial charge in [0.15, 0.2) is 0 Å². The first-order valence-corrected chi connectivity index (χ1v) is 6.81. The quantitative estimate of drug-likeness (QED) is 0.825. The standard InChI is InChI=1S/C16H20FNO/c1-3-15(2)12-16(8-10-18,9-11-19-15)13-4-6-14(17)7-5-13/h4-7H,3,8-9,11-12H2,1-2H3/t15-,16+/m0/s1. The zero-order valence-corrected chi connectivity index (χ0v) is 11.6. The Kier molecular flexibility index (Phi) is 3.91. The highest BCUT2D eigenvalue weighted by atomic mass is 19.1. The number of hydrogen-bond donors (Lipinski definition) is 0. The Hall–Kier alpha value is -1.40. The van der Waals surface area contributed by atoms with E-state index in [2.05, 4.69) is 19.9 Å². The van der Waals surface area contributed by atoms with E-state index >= 15 is 0 Å². The molecule has 102 valence electrons. The molecule has 2 nitrogen and oxygen atoms in total. The number of ether oxygens (including phenoxy) is 1. The number of nitrogens with zero attached hydrogens (tertiary/aromatic N) is 1. The number of benzene rings is 1. The van der Waals surface area contributed by atoms with Gasteiger partial charge < -0.3 is 4.74 Å². The summed E-state index contributed by atoms with van der Waals surface area (Å²) in [5, 5.41) is 9.18. The molecule has 1 aliphatic rings. The van der Waals surface area contributed by atoms with Crippen molar-refractivity contribution in [2.45, 2.75) is 50.5 Å². The average Bonchev–Trinajstić information content (AvgIpc) is 2.40. The molecule has 0 N–H and O–H groups in total. The third-order valence-corrected chi connectivity index (χ3v) is 4.37. The first-order valence-electron chi connectivity index (χ1n) is 6.81. The lowest BCUT2D eigenvalue weighted by Gasteiger charge is -2.45. The molecule has 0 unspecified atom stereocenters. The van der Waals surface area contributed by atoms with Crippen molar-refractivity contribution in [2.24, 2.45) is 0 Å². The Morgan fingerprint density at radius 2 is 2.05 bits per heavy atom. The Labute approximate surface area is 114 Å². The van der Waals surface area contributed by atoms with Crippen molar-refractivity contribution in [3.63, 3.8) is 0 Å². The molecule has 0 amide bonds. The van der Waals surface area contributed by atoms with E-state index < -0.39 is 0 Å². The lowest BCUT2D eigenvalue weighted by Crippen LogP contribution is -2.45. The number of nitriles is 1. The molecule has 1 fully saturated rings. The second-order valence-electron chi connectivity index (χ2n) is 5.70. The van der Waals surface area contributed by atoms with Crippen molar-refractivity contribution >= 4 is 0 Å². The van der Waals surface area contributed by atoms with E-state index in [4.69, 9.17) is 4.74 Å². The van der Waals surface area contributed by atoms with Gasteiger partial charge in [-0.2, -0.15) is 5.26 Å². The SMILES string of the molecule is CC[C@@]1(C)C[C@](CC#N)(c2ccc(F)cc2)CCO1. The molecule has 19 heavy (non-hydrogen) atoms. The summed E-state index contributed by atoms with van der Waals surface area (Å²) in [7, 11) is 0. The minimum Gasteiger partial charge on any atom is -0.375 e. The predicted molar refractivity (Wildman–Crippen MR) is 72.2 cm³/mol. The molecule has 0 aromatic heterocycles. The van der Waals surface area contributed by atoms with Crippen molar-refractivity contribution in [2.75, 3.05) is 6.61 Å². The highest BCUT2D eigenvalue weighted by molar-refractivity contribution is 5.29. The third kappa shape index (κ3) is 2.79. The van der Waals surface area contributed by atoms with Crippen LogP contribution in [0.25, 0.3) is 0 Å². The van der Waals surface area contributed by atoms with Gasteiger partial charge in [0.2, 0.25) is 0 Å². The highest BCUT2D eigenvalue weighted by Crippen LogP contribution is 2.45. The molecule has 3 heteroatoms. The predicted octanol–water partition coefficient (Wildman–Crippen LogP) is 3.96. The van der Waals surface area contributed by atoms with Crippen LogP contribution in [0.5, 0.6) is 0 Å². The van der Waals surface area contributed by atoms with Crippen LogP contribution >= 0.6 is 0 Å². The van der Waals surface area contributed by atoms with Crippen LogP contribution in [-0.4, -0.2) is 12.2 Å². The first kappa shape index (κ1) is 14.0. The molecule has 1 heterocycles. The molecule has 0 radical (unpaired) electrons. The number of hydrogen-bond acceptors (Lipinski definition) is 2. The summed E-state index contributed by atoms with van der Waals surface area (Å²) >= 11 is 0. The minimum absolute atomic E-state index is 0.191. The summed E-state index contributed by atoms with van der Waals surface area (Å²) in [4.78, 5) is 0. The topological polar surface area (TPSA) is 33.0 Å². The fourth-order valence-corrected chi connectivity index (χ4v) is 3.03. The second-order valence-corrected chi connectivity index (χ2v) is 5.70. The molecule has 1 saturated heterocycles. The Bertz CT molecular complexity index is 479. The van der Waals surface area contributed by atoms with Crippen LogP contribution < -0.4 is 0 Å². The van der Waals surface area contributed by atoms with E-state index in [0.29, 0.717) is 13.0 Å². The normalized spacial score (nSPS) is 30.8. The number of halogens is 1. The molecule has 0 spiro atoms. The van der Waals surface area contributed by atoms with Crippen LogP contribution in [-0.2, 0) is 10.2 Å². The summed E-state index contributed by atoms with van der Waals surface area (Å²) in [5.41, 5.74) is 0.660. The molecule has 1 aliphatic heterocycles. The molecular formula is C16H20FNO. The second kappa shape index (κ2) is 5.30. The van der Waals surface area contributed by atoms with E-state index in [1.165, 1.54) is 12.1 Å². The summed E-state index contributed by atoms with van der Waals surface area (Å²) < 4.78 is 19.0. The maximum absolute atomic E-state index is 13.1. The van der Waals surface area contributed by atoms with Gasteiger partial charge in [-0.3, -0.25) is 0 Å². The Morgan fingerprint density at radius 1 is 1.37 bits per heavy atom. The average molecular weight is 261 g/mol. The number of rotatable bonds is 3. The van der Waals surface area contributed by atoms with Gasteiger partial charge in [-0.1, -0.05) is 19.1 Å². The lowest BCUT2D eigenvalue weighted by atomic mass is 9.67. The maximum atomic E-state index is 13.1. The van der Waals surface area contributed by atoms with Crippen LogP contribution in [0.4, 0.5) is 4.39 Å².